The van der Waals surface area contributed by atoms with Crippen molar-refractivity contribution in [2.75, 3.05) is 20.8 Å². The highest BCUT2D eigenvalue weighted by Gasteiger charge is 2.29. The molecule has 0 aromatic heterocycles. The zero-order chi connectivity index (χ0) is 19.2. The molecule has 1 aliphatic heterocycles. The molecule has 2 N–H and O–H groups in total. The summed E-state index contributed by atoms with van der Waals surface area (Å²) in [5.74, 6) is 1.20. The minimum Gasteiger partial charge on any atom is -0.497 e. The van der Waals surface area contributed by atoms with Crippen molar-refractivity contribution >= 4 is 5.91 Å². The third kappa shape index (κ3) is 4.48. The number of carbonyl (C=O) groups excluding carboxylic acids is 1. The molecule has 1 aliphatic rings. The standard InChI is InChI=1S/C21H24N2O4/c1-26-17-10-6-15(7-11-17)20-19(24)5-3-4-14-23(20)22-21(25)16-8-12-18(27-2)13-9-16/h3-4,6-13,19-20,24H,5,14H2,1-2H3,(H,22,25)/t19-,20+/m1/s1. The molecule has 2 atom stereocenters. The van der Waals surface area contributed by atoms with E-state index in [1.807, 2.05) is 36.4 Å². The van der Waals surface area contributed by atoms with Gasteiger partial charge in [-0.2, -0.15) is 0 Å². The van der Waals surface area contributed by atoms with Gasteiger partial charge in [-0.1, -0.05) is 24.3 Å². The largest absolute Gasteiger partial charge is 0.497 e. The number of carbonyl (C=O) groups is 1. The Morgan fingerprint density at radius 2 is 1.59 bits per heavy atom. The van der Waals surface area contributed by atoms with E-state index in [-0.39, 0.29) is 11.9 Å². The van der Waals surface area contributed by atoms with Crippen LogP contribution in [0.1, 0.15) is 28.4 Å². The number of nitrogens with zero attached hydrogens (tertiary/aromatic N) is 1. The molecule has 2 aromatic carbocycles. The molecule has 6 nitrogen and oxygen atoms in total. The Kier molecular flexibility index (Phi) is 6.11. The van der Waals surface area contributed by atoms with Crippen molar-refractivity contribution in [3.05, 3.63) is 71.8 Å². The second kappa shape index (κ2) is 8.70. The lowest BCUT2D eigenvalue weighted by molar-refractivity contribution is 0.0275. The predicted octanol–water partition coefficient (Wildman–Crippen LogP) is 2.71. The van der Waals surface area contributed by atoms with Gasteiger partial charge in [-0.05, 0) is 48.4 Å². The number of amides is 1. The van der Waals surface area contributed by atoms with Crippen LogP contribution in [0.5, 0.6) is 11.5 Å². The Bertz CT molecular complexity index is 787. The summed E-state index contributed by atoms with van der Waals surface area (Å²) in [5.41, 5.74) is 4.36. The third-order valence-electron chi connectivity index (χ3n) is 4.60. The van der Waals surface area contributed by atoms with E-state index in [0.29, 0.717) is 24.3 Å². The fourth-order valence-electron chi connectivity index (χ4n) is 3.13. The predicted molar refractivity (Wildman–Crippen MR) is 103 cm³/mol. The number of benzene rings is 2. The topological polar surface area (TPSA) is 71.0 Å². The van der Waals surface area contributed by atoms with Gasteiger partial charge in [0.25, 0.3) is 5.91 Å². The van der Waals surface area contributed by atoms with Crippen LogP contribution < -0.4 is 14.9 Å². The molecule has 6 heteroatoms. The monoisotopic (exact) mass is 368 g/mol. The lowest BCUT2D eigenvalue weighted by atomic mass is 9.99. The first-order valence-corrected chi connectivity index (χ1v) is 8.81. The van der Waals surface area contributed by atoms with Crippen LogP contribution in [0.2, 0.25) is 0 Å². The van der Waals surface area contributed by atoms with E-state index in [1.165, 1.54) is 0 Å². The van der Waals surface area contributed by atoms with Crippen LogP contribution >= 0.6 is 0 Å². The van der Waals surface area contributed by atoms with Gasteiger partial charge in [0, 0.05) is 12.1 Å². The van der Waals surface area contributed by atoms with Crippen LogP contribution in [0.4, 0.5) is 0 Å². The molecule has 0 saturated carbocycles. The second-order valence-corrected chi connectivity index (χ2v) is 6.31. The molecular weight excluding hydrogens is 344 g/mol. The molecule has 1 amide bonds. The quantitative estimate of drug-likeness (QED) is 0.794. The molecule has 0 radical (unpaired) electrons. The van der Waals surface area contributed by atoms with E-state index < -0.39 is 6.10 Å². The molecule has 27 heavy (non-hydrogen) atoms. The van der Waals surface area contributed by atoms with Crippen molar-refractivity contribution in [2.45, 2.75) is 18.6 Å². The normalized spacial score (nSPS) is 20.0. The van der Waals surface area contributed by atoms with Crippen LogP contribution in [-0.4, -0.2) is 42.9 Å². The van der Waals surface area contributed by atoms with Crippen LogP contribution in [0, 0.1) is 0 Å². The number of hydrogen-bond donors (Lipinski definition) is 2. The average molecular weight is 368 g/mol. The van der Waals surface area contributed by atoms with Gasteiger partial charge >= 0.3 is 0 Å². The van der Waals surface area contributed by atoms with E-state index >= 15 is 0 Å². The Balaban J connectivity index is 1.82. The van der Waals surface area contributed by atoms with Crippen molar-refractivity contribution in [3.8, 4) is 11.5 Å². The van der Waals surface area contributed by atoms with Crippen molar-refractivity contribution in [3.63, 3.8) is 0 Å². The van der Waals surface area contributed by atoms with Gasteiger partial charge in [-0.25, -0.2) is 5.01 Å². The molecule has 1 heterocycles. The lowest BCUT2D eigenvalue weighted by Crippen LogP contribution is -2.47. The van der Waals surface area contributed by atoms with Crippen LogP contribution in [-0.2, 0) is 0 Å². The summed E-state index contributed by atoms with van der Waals surface area (Å²) in [7, 11) is 3.19. The highest BCUT2D eigenvalue weighted by Crippen LogP contribution is 2.28. The first kappa shape index (κ1) is 18.9. The number of hydrazine groups is 1. The first-order chi connectivity index (χ1) is 13.1. The number of hydrogen-bond acceptors (Lipinski definition) is 5. The second-order valence-electron chi connectivity index (χ2n) is 6.31. The summed E-state index contributed by atoms with van der Waals surface area (Å²) in [6.07, 6.45) is 3.75. The maximum atomic E-state index is 12.7. The summed E-state index contributed by atoms with van der Waals surface area (Å²) < 4.78 is 10.3. The van der Waals surface area contributed by atoms with E-state index in [1.54, 1.807) is 43.5 Å². The van der Waals surface area contributed by atoms with E-state index in [9.17, 15) is 9.90 Å². The molecule has 0 spiro atoms. The van der Waals surface area contributed by atoms with Gasteiger partial charge in [0.15, 0.2) is 0 Å². The summed E-state index contributed by atoms with van der Waals surface area (Å²) in [6.45, 7) is 0.496. The number of aliphatic hydroxyl groups excluding tert-OH is 1. The highest BCUT2D eigenvalue weighted by atomic mass is 16.5. The fraction of sp³-hybridized carbons (Fsp3) is 0.286. The molecule has 2 aromatic rings. The molecular formula is C21H24N2O4. The molecule has 142 valence electrons. The zero-order valence-corrected chi connectivity index (χ0v) is 15.5. The Labute approximate surface area is 159 Å². The van der Waals surface area contributed by atoms with Crippen molar-refractivity contribution < 1.29 is 19.4 Å². The molecule has 0 aliphatic carbocycles. The molecule has 0 bridgehead atoms. The first-order valence-electron chi connectivity index (χ1n) is 8.81. The maximum absolute atomic E-state index is 12.7. The Morgan fingerprint density at radius 1 is 1.00 bits per heavy atom. The van der Waals surface area contributed by atoms with Crippen LogP contribution in [0.15, 0.2) is 60.7 Å². The minimum absolute atomic E-state index is 0.237. The van der Waals surface area contributed by atoms with Crippen molar-refractivity contribution in [2.24, 2.45) is 0 Å². The number of nitrogens with one attached hydrogen (secondary N) is 1. The number of ether oxygens (including phenoxy) is 2. The molecule has 0 saturated heterocycles. The van der Waals surface area contributed by atoms with Gasteiger partial charge < -0.3 is 14.6 Å². The molecule has 3 rings (SSSR count). The summed E-state index contributed by atoms with van der Waals surface area (Å²) >= 11 is 0. The number of aliphatic hydroxyl groups is 1. The summed E-state index contributed by atoms with van der Waals surface area (Å²) in [6, 6.07) is 14.1. The lowest BCUT2D eigenvalue weighted by Gasteiger charge is -2.33. The van der Waals surface area contributed by atoms with Gasteiger partial charge in [-0.3, -0.25) is 10.2 Å². The van der Waals surface area contributed by atoms with E-state index in [4.69, 9.17) is 9.47 Å². The smallest absolute Gasteiger partial charge is 0.265 e. The zero-order valence-electron chi connectivity index (χ0n) is 15.5. The molecule has 0 unspecified atom stereocenters. The van der Waals surface area contributed by atoms with Gasteiger partial charge in [0.1, 0.15) is 11.5 Å². The average Bonchev–Trinajstić information content (AvgIpc) is 2.89. The Hall–Kier alpha value is -2.83. The maximum Gasteiger partial charge on any atom is 0.265 e. The Morgan fingerprint density at radius 3 is 2.19 bits per heavy atom. The number of rotatable bonds is 5. The summed E-state index contributed by atoms with van der Waals surface area (Å²) in [5, 5.41) is 12.4. The third-order valence-corrected chi connectivity index (χ3v) is 4.60. The highest BCUT2D eigenvalue weighted by molar-refractivity contribution is 5.94. The number of methoxy groups -OCH3 is 2. The van der Waals surface area contributed by atoms with Gasteiger partial charge in [0.2, 0.25) is 0 Å². The van der Waals surface area contributed by atoms with E-state index in [2.05, 4.69) is 5.43 Å². The fourth-order valence-corrected chi connectivity index (χ4v) is 3.13. The molecule has 0 fully saturated rings. The van der Waals surface area contributed by atoms with E-state index in [0.717, 1.165) is 11.3 Å². The van der Waals surface area contributed by atoms with Crippen molar-refractivity contribution in [1.29, 1.82) is 0 Å². The van der Waals surface area contributed by atoms with Gasteiger partial charge in [0.05, 0.1) is 26.4 Å². The van der Waals surface area contributed by atoms with Crippen LogP contribution in [0.25, 0.3) is 0 Å². The van der Waals surface area contributed by atoms with Gasteiger partial charge in [-0.15, -0.1) is 0 Å². The minimum atomic E-state index is -0.645. The SMILES string of the molecule is COc1ccc(C(=O)NN2CC=CC[C@@H](O)[C@@H]2c2ccc(OC)cc2)cc1. The van der Waals surface area contributed by atoms with Crippen LogP contribution in [0.3, 0.4) is 0 Å². The van der Waals surface area contributed by atoms with Crippen molar-refractivity contribution in [1.82, 2.24) is 10.4 Å². The summed E-state index contributed by atoms with van der Waals surface area (Å²) in [4.78, 5) is 12.7.